The summed E-state index contributed by atoms with van der Waals surface area (Å²) in [5, 5.41) is 3.45. The maximum Gasteiger partial charge on any atom is 0.108 e. The first-order valence-corrected chi connectivity index (χ1v) is 4.94. The van der Waals surface area contributed by atoms with Gasteiger partial charge in [-0.2, -0.15) is 0 Å². The lowest BCUT2D eigenvalue weighted by atomic mass is 9.85. The highest BCUT2D eigenvalue weighted by molar-refractivity contribution is 4.85. The summed E-state index contributed by atoms with van der Waals surface area (Å²) >= 11 is 0. The minimum absolute atomic E-state index is 0.527. The zero-order valence-corrected chi connectivity index (χ0v) is 8.36. The van der Waals surface area contributed by atoms with Crippen LogP contribution in [0, 0.1) is 0 Å². The summed E-state index contributed by atoms with van der Waals surface area (Å²) in [6, 6.07) is 1.08. The summed E-state index contributed by atoms with van der Waals surface area (Å²) in [7, 11) is 0. The van der Waals surface area contributed by atoms with E-state index in [-0.39, 0.29) is 0 Å². The predicted octanol–water partition coefficient (Wildman–Crippen LogP) is 2.66. The average Bonchev–Trinajstić information content (AvgIpc) is 1.93. The van der Waals surface area contributed by atoms with E-state index in [1.807, 2.05) is 0 Å². The highest BCUT2D eigenvalue weighted by atomic mass is 19.1. The third kappa shape index (κ3) is 3.10. The Morgan fingerprint density at radius 3 is 2.25 bits per heavy atom. The summed E-state index contributed by atoms with van der Waals surface area (Å²) in [6.45, 7) is 6.01. The molecule has 1 fully saturated rings. The van der Waals surface area contributed by atoms with Crippen LogP contribution in [0.25, 0.3) is 0 Å². The summed E-state index contributed by atoms with van der Waals surface area (Å²) in [5.74, 6) is 0. The first-order chi connectivity index (χ1) is 5.49. The molecule has 0 amide bonds. The monoisotopic (exact) mass is 173 g/mol. The summed E-state index contributed by atoms with van der Waals surface area (Å²) in [6.07, 6.45) is 3.42. The van der Waals surface area contributed by atoms with E-state index in [4.69, 9.17) is 0 Å². The Hall–Kier alpha value is -0.110. The second-order valence-electron chi connectivity index (χ2n) is 4.51. The van der Waals surface area contributed by atoms with Crippen molar-refractivity contribution in [2.75, 3.05) is 0 Å². The summed E-state index contributed by atoms with van der Waals surface area (Å²) < 4.78 is 13.4. The van der Waals surface area contributed by atoms with Crippen molar-refractivity contribution in [1.82, 2.24) is 5.32 Å². The lowest BCUT2D eigenvalue weighted by molar-refractivity contribution is 0.111. The molecule has 1 nitrogen and oxygen atoms in total. The Labute approximate surface area is 74.7 Å². The fourth-order valence-corrected chi connectivity index (χ4v) is 1.86. The highest BCUT2D eigenvalue weighted by Crippen LogP contribution is 2.31. The van der Waals surface area contributed by atoms with E-state index >= 15 is 0 Å². The first-order valence-electron chi connectivity index (χ1n) is 4.94. The molecular formula is C10H20FN. The van der Waals surface area contributed by atoms with Crippen LogP contribution in [0.15, 0.2) is 0 Å². The Morgan fingerprint density at radius 1 is 1.33 bits per heavy atom. The molecule has 0 bridgehead atoms. The molecule has 0 radical (unpaired) electrons. The van der Waals surface area contributed by atoms with Gasteiger partial charge in [-0.1, -0.05) is 13.8 Å². The lowest BCUT2D eigenvalue weighted by Crippen LogP contribution is -2.40. The van der Waals surface area contributed by atoms with E-state index in [0.29, 0.717) is 12.1 Å². The molecular weight excluding hydrogens is 153 g/mol. The van der Waals surface area contributed by atoms with Gasteiger partial charge in [0.25, 0.3) is 0 Å². The van der Waals surface area contributed by atoms with Crippen LogP contribution in [0.4, 0.5) is 4.39 Å². The second-order valence-corrected chi connectivity index (χ2v) is 4.51. The molecule has 0 saturated heterocycles. The van der Waals surface area contributed by atoms with Crippen molar-refractivity contribution in [3.63, 3.8) is 0 Å². The van der Waals surface area contributed by atoms with Gasteiger partial charge in [0.2, 0.25) is 0 Å². The van der Waals surface area contributed by atoms with Crippen LogP contribution >= 0.6 is 0 Å². The predicted molar refractivity (Wildman–Crippen MR) is 50.0 cm³/mol. The zero-order chi connectivity index (χ0) is 9.19. The van der Waals surface area contributed by atoms with Gasteiger partial charge in [-0.25, -0.2) is 4.39 Å². The van der Waals surface area contributed by atoms with Crippen molar-refractivity contribution in [3.05, 3.63) is 0 Å². The van der Waals surface area contributed by atoms with Crippen LogP contribution in [-0.2, 0) is 0 Å². The van der Waals surface area contributed by atoms with Crippen molar-refractivity contribution in [3.8, 4) is 0 Å². The molecule has 0 atom stereocenters. The SMILES string of the molecule is CC(C)NC1CCC(C)(F)CC1. The number of nitrogens with one attached hydrogen (secondary N) is 1. The van der Waals surface area contributed by atoms with Crippen LogP contribution in [0.1, 0.15) is 46.5 Å². The Kier molecular flexibility index (Phi) is 3.10. The zero-order valence-electron chi connectivity index (χ0n) is 8.36. The van der Waals surface area contributed by atoms with Crippen molar-refractivity contribution < 1.29 is 4.39 Å². The molecule has 0 spiro atoms. The van der Waals surface area contributed by atoms with E-state index in [1.54, 1.807) is 6.92 Å². The molecule has 12 heavy (non-hydrogen) atoms. The average molecular weight is 173 g/mol. The minimum atomic E-state index is -0.894. The van der Waals surface area contributed by atoms with Crippen molar-refractivity contribution in [2.45, 2.75) is 64.2 Å². The molecule has 1 N–H and O–H groups in total. The van der Waals surface area contributed by atoms with Gasteiger partial charge in [-0.05, 0) is 32.6 Å². The molecule has 0 aromatic carbocycles. The maximum atomic E-state index is 13.4. The number of alkyl halides is 1. The molecule has 0 aromatic rings. The van der Waals surface area contributed by atoms with Gasteiger partial charge in [0, 0.05) is 12.1 Å². The van der Waals surface area contributed by atoms with Gasteiger partial charge < -0.3 is 5.32 Å². The maximum absolute atomic E-state index is 13.4. The fourth-order valence-electron chi connectivity index (χ4n) is 1.86. The van der Waals surface area contributed by atoms with Crippen LogP contribution < -0.4 is 5.32 Å². The largest absolute Gasteiger partial charge is 0.312 e. The van der Waals surface area contributed by atoms with Gasteiger partial charge in [0.15, 0.2) is 0 Å². The molecule has 0 unspecified atom stereocenters. The highest BCUT2D eigenvalue weighted by Gasteiger charge is 2.30. The topological polar surface area (TPSA) is 12.0 Å². The minimum Gasteiger partial charge on any atom is -0.312 e. The van der Waals surface area contributed by atoms with Gasteiger partial charge in [-0.15, -0.1) is 0 Å². The second kappa shape index (κ2) is 3.73. The van der Waals surface area contributed by atoms with E-state index in [2.05, 4.69) is 19.2 Å². The standard InChI is InChI=1S/C10H20FN/c1-8(2)12-9-4-6-10(3,11)7-5-9/h8-9,12H,4-7H2,1-3H3. The van der Waals surface area contributed by atoms with Crippen LogP contribution in [0.3, 0.4) is 0 Å². The molecule has 1 rings (SSSR count). The summed E-state index contributed by atoms with van der Waals surface area (Å²) in [5.41, 5.74) is -0.894. The lowest BCUT2D eigenvalue weighted by Gasteiger charge is -2.32. The number of halogens is 1. The van der Waals surface area contributed by atoms with Gasteiger partial charge in [-0.3, -0.25) is 0 Å². The molecule has 1 aliphatic carbocycles. The third-order valence-electron chi connectivity index (χ3n) is 2.60. The van der Waals surface area contributed by atoms with Gasteiger partial charge in [0.05, 0.1) is 0 Å². The number of rotatable bonds is 2. The van der Waals surface area contributed by atoms with Crippen LogP contribution in [-0.4, -0.2) is 17.8 Å². The van der Waals surface area contributed by atoms with Gasteiger partial charge in [0.1, 0.15) is 5.67 Å². The van der Waals surface area contributed by atoms with E-state index in [1.165, 1.54) is 0 Å². The first kappa shape index (κ1) is 9.97. The van der Waals surface area contributed by atoms with E-state index in [0.717, 1.165) is 25.7 Å². The molecule has 1 aliphatic rings. The van der Waals surface area contributed by atoms with Crippen LogP contribution in [0.5, 0.6) is 0 Å². The molecule has 0 aliphatic heterocycles. The Morgan fingerprint density at radius 2 is 1.83 bits per heavy atom. The third-order valence-corrected chi connectivity index (χ3v) is 2.60. The van der Waals surface area contributed by atoms with Crippen molar-refractivity contribution in [1.29, 1.82) is 0 Å². The fraction of sp³-hybridized carbons (Fsp3) is 1.00. The molecule has 2 heteroatoms. The molecule has 1 saturated carbocycles. The molecule has 0 aromatic heterocycles. The quantitative estimate of drug-likeness (QED) is 0.677. The molecule has 0 heterocycles. The van der Waals surface area contributed by atoms with E-state index < -0.39 is 5.67 Å². The Bertz CT molecular complexity index is 133. The summed E-state index contributed by atoms with van der Waals surface area (Å²) in [4.78, 5) is 0. The van der Waals surface area contributed by atoms with Gasteiger partial charge >= 0.3 is 0 Å². The van der Waals surface area contributed by atoms with E-state index in [9.17, 15) is 4.39 Å². The molecule has 72 valence electrons. The normalized spacial score (nSPS) is 37.2. The number of hydrogen-bond acceptors (Lipinski definition) is 1. The smallest absolute Gasteiger partial charge is 0.108 e. The Balaban J connectivity index is 2.27. The van der Waals surface area contributed by atoms with Crippen LogP contribution in [0.2, 0.25) is 0 Å². The van der Waals surface area contributed by atoms with Crippen molar-refractivity contribution in [2.24, 2.45) is 0 Å². The number of hydrogen-bond donors (Lipinski definition) is 1. The van der Waals surface area contributed by atoms with Crippen molar-refractivity contribution >= 4 is 0 Å².